The minimum atomic E-state index is -3.74. The fraction of sp³-hybridized carbons (Fsp3) is 0.111. The van der Waals surface area contributed by atoms with Gasteiger partial charge in [0.05, 0.1) is 11.0 Å². The van der Waals surface area contributed by atoms with Crippen molar-refractivity contribution < 1.29 is 16.8 Å². The first-order valence-corrected chi connectivity index (χ1v) is 18.9. The summed E-state index contributed by atoms with van der Waals surface area (Å²) in [6.07, 6.45) is 9.20. The molecule has 0 aliphatic heterocycles. The lowest BCUT2D eigenvalue weighted by Crippen LogP contribution is -2.12. The van der Waals surface area contributed by atoms with E-state index in [4.69, 9.17) is 0 Å². The van der Waals surface area contributed by atoms with Crippen LogP contribution in [-0.2, 0) is 33.1 Å². The van der Waals surface area contributed by atoms with Gasteiger partial charge in [0.2, 0.25) is 0 Å². The maximum Gasteiger partial charge on any atom is 0.269 e. The van der Waals surface area contributed by atoms with Crippen LogP contribution in [0.15, 0.2) is 142 Å². The van der Waals surface area contributed by atoms with Crippen molar-refractivity contribution in [2.45, 2.75) is 22.9 Å². The van der Waals surface area contributed by atoms with Gasteiger partial charge < -0.3 is 10.6 Å². The van der Waals surface area contributed by atoms with Gasteiger partial charge in [0.25, 0.3) is 20.0 Å². The molecule has 13 heteroatoms. The Morgan fingerprint density at radius 3 is 1.61 bits per heavy atom. The van der Waals surface area contributed by atoms with E-state index >= 15 is 0 Å². The summed E-state index contributed by atoms with van der Waals surface area (Å²) >= 11 is 3.40. The lowest BCUT2D eigenvalue weighted by Gasteiger charge is -2.08. The maximum absolute atomic E-state index is 13.2. The molecule has 0 fully saturated rings. The smallest absolute Gasteiger partial charge is 0.269 e. The third-order valence-corrected chi connectivity index (χ3v) is 11.7. The normalized spacial score (nSPS) is 11.8. The number of pyridine rings is 2. The Hall–Kier alpha value is -4.66. The van der Waals surface area contributed by atoms with Crippen LogP contribution in [0.4, 0.5) is 0 Å². The zero-order valence-electron chi connectivity index (χ0n) is 26.7. The highest BCUT2D eigenvalue weighted by atomic mass is 79.9. The Kier molecular flexibility index (Phi) is 10.1. The van der Waals surface area contributed by atoms with Gasteiger partial charge >= 0.3 is 0 Å². The number of fused-ring (bicyclic) bond motifs is 2. The molecule has 3 aromatic carbocycles. The number of hydrogen-bond donors (Lipinski definition) is 2. The second-order valence-corrected chi connectivity index (χ2v) is 15.7. The number of nitrogens with one attached hydrogen (secondary N) is 2. The maximum atomic E-state index is 13.2. The second-order valence-electron chi connectivity index (χ2n) is 11.1. The molecular weight excluding hydrogens is 724 g/mol. The third kappa shape index (κ3) is 6.94. The van der Waals surface area contributed by atoms with Crippen LogP contribution in [0.25, 0.3) is 32.9 Å². The van der Waals surface area contributed by atoms with Crippen LogP contribution in [0.3, 0.4) is 0 Å². The van der Waals surface area contributed by atoms with E-state index in [9.17, 15) is 16.8 Å². The van der Waals surface area contributed by atoms with E-state index in [0.29, 0.717) is 24.1 Å². The zero-order valence-corrected chi connectivity index (χ0v) is 29.9. The summed E-state index contributed by atoms with van der Waals surface area (Å²) in [7, 11) is -3.73. The van der Waals surface area contributed by atoms with Gasteiger partial charge in [0, 0.05) is 65.5 Å². The Balaban J connectivity index is 0.000000174. The molecule has 0 amide bonds. The highest BCUT2D eigenvalue weighted by Gasteiger charge is 2.23. The van der Waals surface area contributed by atoms with Crippen molar-refractivity contribution in [1.82, 2.24) is 28.5 Å². The SMILES string of the molecule is CNCc1cn(S(=O)(=O)c2cccnc2)c2cc(-c3ccccc3)ccc12.CNCc1cn(S(=O)(=O)c2cccnc2)c2cc(Br)ccc12. The van der Waals surface area contributed by atoms with Crippen LogP contribution in [0.5, 0.6) is 0 Å². The van der Waals surface area contributed by atoms with E-state index < -0.39 is 20.0 Å². The lowest BCUT2D eigenvalue weighted by atomic mass is 10.0. The zero-order chi connectivity index (χ0) is 34.6. The topological polar surface area (TPSA) is 128 Å². The summed E-state index contributed by atoms with van der Waals surface area (Å²) in [6.45, 7) is 1.17. The molecule has 49 heavy (non-hydrogen) atoms. The first kappa shape index (κ1) is 34.2. The molecule has 0 unspecified atom stereocenters. The van der Waals surface area contributed by atoms with Gasteiger partial charge in [-0.2, -0.15) is 0 Å². The van der Waals surface area contributed by atoms with E-state index in [-0.39, 0.29) is 9.79 Å². The average Bonchev–Trinajstić information content (AvgIpc) is 3.68. The van der Waals surface area contributed by atoms with Gasteiger partial charge in [-0.15, -0.1) is 0 Å². The van der Waals surface area contributed by atoms with Crippen molar-refractivity contribution in [2.24, 2.45) is 0 Å². The molecule has 0 radical (unpaired) electrons. The van der Waals surface area contributed by atoms with Gasteiger partial charge in [-0.1, -0.05) is 64.5 Å². The van der Waals surface area contributed by atoms with E-state index in [1.165, 1.54) is 20.3 Å². The highest BCUT2D eigenvalue weighted by molar-refractivity contribution is 9.10. The monoisotopic (exact) mass is 756 g/mol. The third-order valence-electron chi connectivity index (χ3n) is 7.89. The molecule has 0 saturated carbocycles. The number of halogens is 1. The molecule has 7 rings (SSSR count). The summed E-state index contributed by atoms with van der Waals surface area (Å²) in [5.41, 5.74) is 5.17. The quantitative estimate of drug-likeness (QED) is 0.173. The van der Waals surface area contributed by atoms with Crippen LogP contribution in [0, 0.1) is 0 Å². The van der Waals surface area contributed by atoms with E-state index in [0.717, 1.165) is 37.5 Å². The van der Waals surface area contributed by atoms with Crippen LogP contribution in [0.1, 0.15) is 11.1 Å². The Morgan fingerprint density at radius 2 is 1.12 bits per heavy atom. The molecule has 10 nitrogen and oxygen atoms in total. The molecule has 250 valence electrons. The Morgan fingerprint density at radius 1 is 0.612 bits per heavy atom. The molecule has 0 atom stereocenters. The molecule has 0 spiro atoms. The number of nitrogens with zero attached hydrogens (tertiary/aromatic N) is 4. The molecule has 0 bridgehead atoms. The lowest BCUT2D eigenvalue weighted by molar-refractivity contribution is 0.586. The second kappa shape index (κ2) is 14.4. The highest BCUT2D eigenvalue weighted by Crippen LogP contribution is 2.31. The van der Waals surface area contributed by atoms with Crippen LogP contribution in [0.2, 0.25) is 0 Å². The molecule has 0 aliphatic rings. The minimum absolute atomic E-state index is 0.169. The van der Waals surface area contributed by atoms with Crippen LogP contribution >= 0.6 is 15.9 Å². The molecule has 4 heterocycles. The molecule has 7 aromatic rings. The minimum Gasteiger partial charge on any atom is -0.316 e. The Bertz CT molecular complexity index is 2450. The predicted octanol–water partition coefficient (Wildman–Crippen LogP) is 6.41. The summed E-state index contributed by atoms with van der Waals surface area (Å²) in [5, 5.41) is 7.99. The van der Waals surface area contributed by atoms with E-state index in [1.807, 2.05) is 80.8 Å². The fourth-order valence-corrected chi connectivity index (χ4v) is 8.65. The van der Waals surface area contributed by atoms with Crippen molar-refractivity contribution in [2.75, 3.05) is 14.1 Å². The van der Waals surface area contributed by atoms with E-state index in [2.05, 4.69) is 36.5 Å². The molecule has 0 saturated heterocycles. The van der Waals surface area contributed by atoms with Crippen molar-refractivity contribution in [3.63, 3.8) is 0 Å². The van der Waals surface area contributed by atoms with Gasteiger partial charge in [-0.3, -0.25) is 9.97 Å². The van der Waals surface area contributed by atoms with Crippen LogP contribution in [-0.4, -0.2) is 48.8 Å². The predicted molar refractivity (Wildman–Crippen MR) is 196 cm³/mol. The summed E-state index contributed by atoms with van der Waals surface area (Å²) in [6, 6.07) is 27.8. The van der Waals surface area contributed by atoms with Crippen molar-refractivity contribution in [1.29, 1.82) is 0 Å². The summed E-state index contributed by atoms with van der Waals surface area (Å²) in [4.78, 5) is 8.20. The summed E-state index contributed by atoms with van der Waals surface area (Å²) in [5.74, 6) is 0. The van der Waals surface area contributed by atoms with Crippen LogP contribution < -0.4 is 10.6 Å². The fourth-order valence-electron chi connectivity index (χ4n) is 5.60. The van der Waals surface area contributed by atoms with Gasteiger partial charge in [0.1, 0.15) is 9.79 Å². The molecular formula is C36H33BrN6O4S2. The summed E-state index contributed by atoms with van der Waals surface area (Å²) < 4.78 is 55.7. The molecule has 4 aromatic heterocycles. The van der Waals surface area contributed by atoms with Gasteiger partial charge in [-0.05, 0) is 78.8 Å². The number of benzene rings is 3. The first-order chi connectivity index (χ1) is 23.6. The van der Waals surface area contributed by atoms with Gasteiger partial charge in [0.15, 0.2) is 0 Å². The number of aromatic nitrogens is 4. The van der Waals surface area contributed by atoms with Crippen molar-refractivity contribution in [3.8, 4) is 11.1 Å². The van der Waals surface area contributed by atoms with Gasteiger partial charge in [-0.25, -0.2) is 24.8 Å². The van der Waals surface area contributed by atoms with Crippen molar-refractivity contribution >= 4 is 57.8 Å². The number of rotatable bonds is 9. The van der Waals surface area contributed by atoms with Crippen molar-refractivity contribution in [3.05, 3.63) is 144 Å². The average molecular weight is 758 g/mol. The molecule has 2 N–H and O–H groups in total. The largest absolute Gasteiger partial charge is 0.316 e. The first-order valence-electron chi connectivity index (χ1n) is 15.2. The number of hydrogen-bond acceptors (Lipinski definition) is 8. The van der Waals surface area contributed by atoms with E-state index in [1.54, 1.807) is 49.1 Å². The standard InChI is InChI=1S/C21H19N3O2S.C15H14BrN3O2S/c1-22-13-18-15-24(27(25,26)19-8-5-11-23-14-19)21-12-17(9-10-20(18)21)16-6-3-2-4-7-16;1-17-8-11-10-19(15-7-12(16)4-5-14(11)15)22(20,21)13-3-2-6-18-9-13/h2-12,14-15,22H,13H2,1H3;2-7,9-10,17H,8H2,1H3. The molecule has 0 aliphatic carbocycles. The Labute approximate surface area is 293 Å².